The standard InChI is InChI=1S/C17H13BrN4O5/c1-26-12-2-4-13(5-3-12)27-14-7-10(6-11(8-14)22(24)25)20-17(23)16-15(18)9-19-21-16/h2-9H,1H3,(H,19,21)(H,20,23). The number of nitro groups is 1. The summed E-state index contributed by atoms with van der Waals surface area (Å²) in [4.78, 5) is 22.9. The molecule has 0 radical (unpaired) electrons. The molecular weight excluding hydrogens is 420 g/mol. The summed E-state index contributed by atoms with van der Waals surface area (Å²) in [7, 11) is 1.55. The molecule has 0 unspecified atom stereocenters. The third-order valence-corrected chi connectivity index (χ3v) is 4.08. The van der Waals surface area contributed by atoms with E-state index in [1.807, 2.05) is 0 Å². The maximum atomic E-state index is 12.3. The second-order valence-electron chi connectivity index (χ2n) is 5.30. The van der Waals surface area contributed by atoms with E-state index in [2.05, 4.69) is 31.4 Å². The number of rotatable bonds is 6. The highest BCUT2D eigenvalue weighted by molar-refractivity contribution is 9.10. The topological polar surface area (TPSA) is 119 Å². The van der Waals surface area contributed by atoms with Gasteiger partial charge in [0.15, 0.2) is 0 Å². The van der Waals surface area contributed by atoms with Gasteiger partial charge < -0.3 is 14.8 Å². The van der Waals surface area contributed by atoms with Crippen molar-refractivity contribution in [1.82, 2.24) is 10.2 Å². The number of nitro benzene ring substituents is 1. The van der Waals surface area contributed by atoms with Crippen molar-refractivity contribution >= 4 is 33.2 Å². The van der Waals surface area contributed by atoms with Gasteiger partial charge in [0.25, 0.3) is 11.6 Å². The zero-order valence-electron chi connectivity index (χ0n) is 13.9. The number of aromatic amines is 1. The third-order valence-electron chi connectivity index (χ3n) is 3.48. The lowest BCUT2D eigenvalue weighted by atomic mass is 10.2. The molecule has 0 saturated carbocycles. The average Bonchev–Trinajstić information content (AvgIpc) is 3.08. The van der Waals surface area contributed by atoms with Crippen LogP contribution in [-0.4, -0.2) is 28.1 Å². The van der Waals surface area contributed by atoms with Crippen molar-refractivity contribution in [2.75, 3.05) is 12.4 Å². The van der Waals surface area contributed by atoms with Crippen LogP contribution in [0.3, 0.4) is 0 Å². The van der Waals surface area contributed by atoms with Crippen LogP contribution in [0.25, 0.3) is 0 Å². The number of halogens is 1. The van der Waals surface area contributed by atoms with Crippen LogP contribution in [0.5, 0.6) is 17.2 Å². The van der Waals surface area contributed by atoms with Gasteiger partial charge in [-0.1, -0.05) is 0 Å². The van der Waals surface area contributed by atoms with Crippen LogP contribution in [0, 0.1) is 10.1 Å². The number of methoxy groups -OCH3 is 1. The van der Waals surface area contributed by atoms with Gasteiger partial charge in [0, 0.05) is 12.1 Å². The lowest BCUT2D eigenvalue weighted by Crippen LogP contribution is -2.13. The van der Waals surface area contributed by atoms with Gasteiger partial charge in [-0.2, -0.15) is 5.10 Å². The zero-order chi connectivity index (χ0) is 19.4. The molecule has 0 aliphatic carbocycles. The Morgan fingerprint density at radius 1 is 1.19 bits per heavy atom. The van der Waals surface area contributed by atoms with Gasteiger partial charge in [-0.15, -0.1) is 0 Å². The van der Waals surface area contributed by atoms with Crippen LogP contribution >= 0.6 is 15.9 Å². The quantitative estimate of drug-likeness (QED) is 0.446. The number of hydrogen-bond acceptors (Lipinski definition) is 6. The molecule has 2 N–H and O–H groups in total. The van der Waals surface area contributed by atoms with Crippen LogP contribution in [0.4, 0.5) is 11.4 Å². The van der Waals surface area contributed by atoms with E-state index < -0.39 is 10.8 Å². The van der Waals surface area contributed by atoms with Gasteiger partial charge in [-0.3, -0.25) is 20.0 Å². The number of nitrogens with zero attached hydrogens (tertiary/aromatic N) is 2. The van der Waals surface area contributed by atoms with Gasteiger partial charge >= 0.3 is 0 Å². The van der Waals surface area contributed by atoms with Crippen molar-refractivity contribution in [1.29, 1.82) is 0 Å². The van der Waals surface area contributed by atoms with Gasteiger partial charge in [0.2, 0.25) is 0 Å². The first-order chi connectivity index (χ1) is 13.0. The minimum absolute atomic E-state index is 0.194. The zero-order valence-corrected chi connectivity index (χ0v) is 15.5. The summed E-state index contributed by atoms with van der Waals surface area (Å²) in [5.74, 6) is 0.813. The van der Waals surface area contributed by atoms with Crippen LogP contribution in [0.2, 0.25) is 0 Å². The Kier molecular flexibility index (Phi) is 5.36. The Morgan fingerprint density at radius 3 is 2.48 bits per heavy atom. The SMILES string of the molecule is COc1ccc(Oc2cc(NC(=O)c3[nH]ncc3Br)cc([N+](=O)[O-])c2)cc1. The first kappa shape index (κ1) is 18.4. The van der Waals surface area contributed by atoms with Crippen LogP contribution in [0.1, 0.15) is 10.5 Å². The molecule has 1 heterocycles. The minimum atomic E-state index is -0.567. The van der Waals surface area contributed by atoms with Crippen LogP contribution < -0.4 is 14.8 Å². The fourth-order valence-electron chi connectivity index (χ4n) is 2.22. The Labute approximate surface area is 161 Å². The number of nitrogens with one attached hydrogen (secondary N) is 2. The molecule has 138 valence electrons. The molecule has 0 aliphatic rings. The molecule has 2 aromatic carbocycles. The number of hydrogen-bond donors (Lipinski definition) is 2. The molecule has 0 aliphatic heterocycles. The minimum Gasteiger partial charge on any atom is -0.497 e. The number of non-ortho nitro benzene ring substituents is 1. The van der Waals surface area contributed by atoms with Gasteiger partial charge in [0.05, 0.1) is 34.5 Å². The summed E-state index contributed by atoms with van der Waals surface area (Å²) in [5, 5.41) is 20.1. The average molecular weight is 433 g/mol. The van der Waals surface area contributed by atoms with E-state index in [4.69, 9.17) is 9.47 Å². The lowest BCUT2D eigenvalue weighted by molar-refractivity contribution is -0.384. The van der Waals surface area contributed by atoms with Crippen molar-refractivity contribution in [2.24, 2.45) is 0 Å². The maximum absolute atomic E-state index is 12.3. The third kappa shape index (κ3) is 4.42. The number of H-pyrrole nitrogens is 1. The molecule has 27 heavy (non-hydrogen) atoms. The van der Waals surface area contributed by atoms with Crippen LogP contribution in [-0.2, 0) is 0 Å². The molecule has 10 heteroatoms. The van der Waals surface area contributed by atoms with Crippen molar-refractivity contribution in [3.63, 3.8) is 0 Å². The van der Waals surface area contributed by atoms with E-state index >= 15 is 0 Å². The second kappa shape index (κ2) is 7.87. The number of carbonyl (C=O) groups excluding carboxylic acids is 1. The monoisotopic (exact) mass is 432 g/mol. The van der Waals surface area contributed by atoms with Gasteiger partial charge in [-0.05, 0) is 40.2 Å². The van der Waals surface area contributed by atoms with E-state index in [0.29, 0.717) is 16.0 Å². The summed E-state index contributed by atoms with van der Waals surface area (Å²) in [5.41, 5.74) is 0.179. The maximum Gasteiger partial charge on any atom is 0.275 e. The molecule has 0 atom stereocenters. The molecule has 0 spiro atoms. The highest BCUT2D eigenvalue weighted by Gasteiger charge is 2.16. The van der Waals surface area contributed by atoms with E-state index in [9.17, 15) is 14.9 Å². The molecule has 0 bridgehead atoms. The Balaban J connectivity index is 1.86. The summed E-state index contributed by atoms with van der Waals surface area (Å²) < 4.78 is 11.2. The largest absolute Gasteiger partial charge is 0.497 e. The highest BCUT2D eigenvalue weighted by atomic mass is 79.9. The van der Waals surface area contributed by atoms with E-state index in [0.717, 1.165) is 0 Å². The first-order valence-electron chi connectivity index (χ1n) is 7.58. The van der Waals surface area contributed by atoms with E-state index in [-0.39, 0.29) is 22.8 Å². The Morgan fingerprint density at radius 2 is 1.89 bits per heavy atom. The van der Waals surface area contributed by atoms with Gasteiger partial charge in [0.1, 0.15) is 22.9 Å². The molecule has 1 aromatic heterocycles. The van der Waals surface area contributed by atoms with E-state index in [1.165, 1.54) is 24.4 Å². The number of anilines is 1. The Bertz CT molecular complexity index is 987. The first-order valence-corrected chi connectivity index (χ1v) is 8.37. The smallest absolute Gasteiger partial charge is 0.275 e. The molecule has 0 saturated heterocycles. The number of carbonyl (C=O) groups is 1. The predicted molar refractivity (Wildman–Crippen MR) is 100 cm³/mol. The fraction of sp³-hybridized carbons (Fsp3) is 0.0588. The number of ether oxygens (including phenoxy) is 2. The predicted octanol–water partition coefficient (Wildman–Crippen LogP) is 4.13. The van der Waals surface area contributed by atoms with Gasteiger partial charge in [-0.25, -0.2) is 0 Å². The fourth-order valence-corrected chi connectivity index (χ4v) is 2.60. The van der Waals surface area contributed by atoms with E-state index in [1.54, 1.807) is 31.4 Å². The molecule has 1 amide bonds. The number of benzene rings is 2. The molecule has 3 aromatic rings. The van der Waals surface area contributed by atoms with Crippen LogP contribution in [0.15, 0.2) is 53.1 Å². The normalized spacial score (nSPS) is 10.3. The summed E-state index contributed by atoms with van der Waals surface area (Å²) in [6.45, 7) is 0. The molecule has 9 nitrogen and oxygen atoms in total. The second-order valence-corrected chi connectivity index (χ2v) is 6.15. The highest BCUT2D eigenvalue weighted by Crippen LogP contribution is 2.31. The molecule has 0 fully saturated rings. The molecule has 3 rings (SSSR count). The Hall–Kier alpha value is -3.40. The summed E-state index contributed by atoms with van der Waals surface area (Å²) in [6.07, 6.45) is 1.43. The van der Waals surface area contributed by atoms with Crippen molar-refractivity contribution in [3.05, 3.63) is 68.9 Å². The van der Waals surface area contributed by atoms with Crippen molar-refractivity contribution < 1.29 is 19.2 Å². The number of amides is 1. The summed E-state index contributed by atoms with van der Waals surface area (Å²) in [6, 6.07) is 10.7. The summed E-state index contributed by atoms with van der Waals surface area (Å²) >= 11 is 3.19. The molecular formula is C17H13BrN4O5. The van der Waals surface area contributed by atoms with Crippen molar-refractivity contribution in [2.45, 2.75) is 0 Å². The number of aromatic nitrogens is 2. The van der Waals surface area contributed by atoms with Crippen molar-refractivity contribution in [3.8, 4) is 17.2 Å². The lowest BCUT2D eigenvalue weighted by Gasteiger charge is -2.09.